The topological polar surface area (TPSA) is 40.5 Å². The van der Waals surface area contributed by atoms with Crippen molar-refractivity contribution in [1.82, 2.24) is 15.2 Å². The molecule has 1 aliphatic rings. The molecule has 1 atom stereocenters. The average molecular weight is 366 g/mol. The van der Waals surface area contributed by atoms with Gasteiger partial charge in [0.25, 0.3) is 0 Å². The van der Waals surface area contributed by atoms with Crippen LogP contribution >= 0.6 is 23.1 Å². The molecule has 9 heteroatoms. The fourth-order valence-corrected chi connectivity index (χ4v) is 4.31. The highest BCUT2D eigenvalue weighted by molar-refractivity contribution is 8.00. The van der Waals surface area contributed by atoms with Crippen molar-refractivity contribution in [3.05, 3.63) is 16.1 Å². The van der Waals surface area contributed by atoms with Crippen LogP contribution in [0.15, 0.2) is 10.4 Å². The zero-order chi connectivity index (χ0) is 16.9. The predicted octanol–water partition coefficient (Wildman–Crippen LogP) is 3.11. The number of nitrogens with zero attached hydrogens (tertiary/aromatic N) is 3. The number of aliphatic imine (C=N–C) groups is 1. The Balaban J connectivity index is 1.83. The minimum Gasteiger partial charge on any atom is -0.356 e. The molecule has 0 aromatic carbocycles. The van der Waals surface area contributed by atoms with Gasteiger partial charge in [-0.05, 0) is 6.42 Å². The van der Waals surface area contributed by atoms with Gasteiger partial charge in [0.1, 0.15) is 0 Å². The monoisotopic (exact) mass is 366 g/mol. The van der Waals surface area contributed by atoms with Crippen molar-refractivity contribution in [1.29, 1.82) is 0 Å². The quantitative estimate of drug-likeness (QED) is 0.657. The highest BCUT2D eigenvalue weighted by atomic mass is 32.2. The second kappa shape index (κ2) is 8.23. The van der Waals surface area contributed by atoms with Crippen LogP contribution in [-0.4, -0.2) is 53.5 Å². The van der Waals surface area contributed by atoms with Crippen molar-refractivity contribution in [3.8, 4) is 0 Å². The van der Waals surface area contributed by atoms with Gasteiger partial charge in [-0.1, -0.05) is 6.92 Å². The summed E-state index contributed by atoms with van der Waals surface area (Å²) in [5.41, 5.74) is -0.805. The molecule has 130 valence electrons. The van der Waals surface area contributed by atoms with Gasteiger partial charge in [0, 0.05) is 49.5 Å². The normalized spacial score (nSPS) is 20.0. The summed E-state index contributed by atoms with van der Waals surface area (Å²) in [5, 5.41) is 5.39. The van der Waals surface area contributed by atoms with Gasteiger partial charge < -0.3 is 10.2 Å². The van der Waals surface area contributed by atoms with Crippen LogP contribution in [0.3, 0.4) is 0 Å². The second-order valence-corrected chi connectivity index (χ2v) is 7.55. The van der Waals surface area contributed by atoms with Crippen LogP contribution in [0.1, 0.15) is 24.0 Å². The Labute approximate surface area is 142 Å². The van der Waals surface area contributed by atoms with Gasteiger partial charge in [0.05, 0.1) is 5.01 Å². The smallest absolute Gasteiger partial charge is 0.356 e. The van der Waals surface area contributed by atoms with E-state index < -0.39 is 11.9 Å². The van der Waals surface area contributed by atoms with Crippen molar-refractivity contribution < 1.29 is 13.2 Å². The lowest BCUT2D eigenvalue weighted by Gasteiger charge is -2.34. The van der Waals surface area contributed by atoms with Crippen LogP contribution in [0.2, 0.25) is 0 Å². The third kappa shape index (κ3) is 5.27. The summed E-state index contributed by atoms with van der Waals surface area (Å²) < 4.78 is 37.6. The molecule has 0 spiro atoms. The molecule has 1 aromatic heterocycles. The number of thioether (sulfide) groups is 1. The van der Waals surface area contributed by atoms with Crippen molar-refractivity contribution in [3.63, 3.8) is 0 Å². The Hall–Kier alpha value is -0.960. The number of nitrogens with one attached hydrogen (secondary N) is 1. The minimum atomic E-state index is -4.36. The molecule has 0 amide bonds. The number of aromatic nitrogens is 1. The number of hydrogen-bond acceptors (Lipinski definition) is 4. The molecule has 1 saturated heterocycles. The first kappa shape index (κ1) is 18.4. The Kier molecular flexibility index (Phi) is 6.58. The fraction of sp³-hybridized carbons (Fsp3) is 0.714. The Morgan fingerprint density at radius 3 is 2.91 bits per heavy atom. The predicted molar refractivity (Wildman–Crippen MR) is 90.3 cm³/mol. The molecule has 0 saturated carbocycles. The Morgan fingerprint density at radius 1 is 1.52 bits per heavy atom. The molecule has 1 aliphatic heterocycles. The van der Waals surface area contributed by atoms with Gasteiger partial charge in [-0.15, -0.1) is 11.3 Å². The fourth-order valence-electron chi connectivity index (χ4n) is 2.33. The van der Waals surface area contributed by atoms with E-state index in [2.05, 4.69) is 27.1 Å². The molecule has 23 heavy (non-hydrogen) atoms. The summed E-state index contributed by atoms with van der Waals surface area (Å²) in [6, 6.07) is 0. The van der Waals surface area contributed by atoms with Crippen molar-refractivity contribution in [2.45, 2.75) is 31.2 Å². The molecular formula is C14H21F3N4S2. The van der Waals surface area contributed by atoms with Crippen molar-refractivity contribution in [2.75, 3.05) is 32.4 Å². The maximum atomic E-state index is 12.5. The highest BCUT2D eigenvalue weighted by Gasteiger charge is 2.33. The second-order valence-electron chi connectivity index (χ2n) is 5.20. The molecule has 0 bridgehead atoms. The lowest BCUT2D eigenvalue weighted by molar-refractivity contribution is -0.140. The van der Waals surface area contributed by atoms with E-state index in [0.717, 1.165) is 47.9 Å². The molecule has 1 unspecified atom stereocenters. The summed E-state index contributed by atoms with van der Waals surface area (Å²) in [4.78, 5) is 10.1. The maximum absolute atomic E-state index is 12.5. The number of hydrogen-bond donors (Lipinski definition) is 1. The van der Waals surface area contributed by atoms with Gasteiger partial charge >= 0.3 is 6.18 Å². The first-order valence-corrected chi connectivity index (χ1v) is 9.45. The van der Waals surface area contributed by atoms with E-state index in [1.807, 2.05) is 11.8 Å². The van der Waals surface area contributed by atoms with E-state index in [-0.39, 0.29) is 0 Å². The van der Waals surface area contributed by atoms with Crippen molar-refractivity contribution in [2.24, 2.45) is 4.99 Å². The first-order chi connectivity index (χ1) is 10.9. The molecule has 0 radical (unpaired) electrons. The summed E-state index contributed by atoms with van der Waals surface area (Å²) in [5.74, 6) is 1.89. The molecule has 2 heterocycles. The molecule has 0 aliphatic carbocycles. The zero-order valence-corrected chi connectivity index (χ0v) is 14.8. The van der Waals surface area contributed by atoms with Gasteiger partial charge in [-0.25, -0.2) is 4.98 Å². The van der Waals surface area contributed by atoms with Crippen LogP contribution in [0, 0.1) is 0 Å². The van der Waals surface area contributed by atoms with Crippen LogP contribution in [0.25, 0.3) is 0 Å². The average Bonchev–Trinajstić information content (AvgIpc) is 3.01. The third-order valence-corrected chi connectivity index (χ3v) is 5.85. The summed E-state index contributed by atoms with van der Waals surface area (Å²) in [7, 11) is 1.73. The molecule has 1 fully saturated rings. The van der Waals surface area contributed by atoms with Crippen LogP contribution in [0.5, 0.6) is 0 Å². The van der Waals surface area contributed by atoms with E-state index in [1.165, 1.54) is 0 Å². The lowest BCUT2D eigenvalue weighted by Crippen LogP contribution is -2.48. The van der Waals surface area contributed by atoms with Gasteiger partial charge in [-0.2, -0.15) is 24.9 Å². The van der Waals surface area contributed by atoms with Gasteiger partial charge in [-0.3, -0.25) is 4.99 Å². The van der Waals surface area contributed by atoms with E-state index in [9.17, 15) is 13.2 Å². The summed E-state index contributed by atoms with van der Waals surface area (Å²) in [6.07, 6.45) is -2.78. The van der Waals surface area contributed by atoms with Crippen molar-refractivity contribution >= 4 is 29.1 Å². The SMILES string of the molecule is CCC1CN(C(=NC)NCCc2nc(C(F)(F)F)cs2)CCS1. The molecule has 2 rings (SSSR count). The summed E-state index contributed by atoms with van der Waals surface area (Å²) in [6.45, 7) is 4.60. The molecule has 1 aromatic rings. The van der Waals surface area contributed by atoms with Gasteiger partial charge in [0.15, 0.2) is 11.7 Å². The lowest BCUT2D eigenvalue weighted by atomic mass is 10.3. The Bertz CT molecular complexity index is 530. The van der Waals surface area contributed by atoms with E-state index in [1.54, 1.807) is 7.05 Å². The number of guanidine groups is 1. The molecular weight excluding hydrogens is 345 g/mol. The van der Waals surface area contributed by atoms with Crippen LogP contribution in [-0.2, 0) is 12.6 Å². The Morgan fingerprint density at radius 2 is 2.30 bits per heavy atom. The van der Waals surface area contributed by atoms with Gasteiger partial charge in [0.2, 0.25) is 0 Å². The summed E-state index contributed by atoms with van der Waals surface area (Å²) >= 11 is 3.03. The number of thiazole rings is 1. The standard InChI is InChI=1S/C14H21F3N4S2/c1-3-10-8-21(6-7-22-10)13(18-2)19-5-4-12-20-11(9-23-12)14(15,16)17/h9-10H,3-8H2,1-2H3,(H,18,19). The largest absolute Gasteiger partial charge is 0.434 e. The number of rotatable bonds is 4. The maximum Gasteiger partial charge on any atom is 0.434 e. The number of alkyl halides is 3. The number of halogens is 3. The minimum absolute atomic E-state index is 0.458. The third-order valence-electron chi connectivity index (χ3n) is 3.57. The zero-order valence-electron chi connectivity index (χ0n) is 13.2. The van der Waals surface area contributed by atoms with E-state index >= 15 is 0 Å². The van der Waals surface area contributed by atoms with E-state index in [0.29, 0.717) is 23.2 Å². The van der Waals surface area contributed by atoms with Crippen LogP contribution in [0.4, 0.5) is 13.2 Å². The first-order valence-electron chi connectivity index (χ1n) is 7.52. The molecule has 1 N–H and O–H groups in total. The van der Waals surface area contributed by atoms with E-state index in [4.69, 9.17) is 0 Å². The highest BCUT2D eigenvalue weighted by Crippen LogP contribution is 2.30. The molecule has 4 nitrogen and oxygen atoms in total. The van der Waals surface area contributed by atoms with Crippen LogP contribution < -0.4 is 5.32 Å².